The molecule has 0 bridgehead atoms. The number of nitrogens with one attached hydrogen (secondary N) is 1. The molecule has 2 rings (SSSR count). The van der Waals surface area contributed by atoms with E-state index in [1.807, 2.05) is 0 Å². The minimum atomic E-state index is -1.69. The second kappa shape index (κ2) is 12.0. The SMILES string of the molecule is CCOC(=O)C(C(=O)OCC)=C(Nc1ccc(F)c(F)c1F)SCc1ccc(OC)cc1. The number of hydrogen-bond acceptors (Lipinski definition) is 7. The number of carbonyl (C=O) groups excluding carboxylic acids is 2. The normalized spacial score (nSPS) is 10.3. The first kappa shape index (κ1) is 25.1. The molecule has 0 aliphatic rings. The van der Waals surface area contributed by atoms with E-state index in [9.17, 15) is 22.8 Å². The molecule has 0 saturated heterocycles. The molecule has 0 radical (unpaired) electrons. The molecule has 0 fully saturated rings. The first-order chi connectivity index (χ1) is 15.3. The maximum Gasteiger partial charge on any atom is 0.348 e. The summed E-state index contributed by atoms with van der Waals surface area (Å²) in [4.78, 5) is 25.0. The highest BCUT2D eigenvalue weighted by atomic mass is 32.2. The molecular weight excluding hydrogens is 447 g/mol. The third-order valence-corrected chi connectivity index (χ3v) is 5.08. The zero-order valence-corrected chi connectivity index (χ0v) is 18.5. The number of ether oxygens (including phenoxy) is 3. The molecule has 10 heteroatoms. The molecule has 0 atom stereocenters. The van der Waals surface area contributed by atoms with E-state index in [0.29, 0.717) is 5.75 Å². The molecule has 0 aliphatic heterocycles. The Balaban J connectivity index is 2.49. The first-order valence-electron chi connectivity index (χ1n) is 9.57. The predicted octanol–water partition coefficient (Wildman–Crippen LogP) is 4.80. The van der Waals surface area contributed by atoms with Crippen LogP contribution in [0.3, 0.4) is 0 Å². The van der Waals surface area contributed by atoms with Crippen molar-refractivity contribution in [2.24, 2.45) is 0 Å². The molecule has 172 valence electrons. The van der Waals surface area contributed by atoms with Gasteiger partial charge in [-0.05, 0) is 43.7 Å². The summed E-state index contributed by atoms with van der Waals surface area (Å²) in [6, 6.07) is 8.64. The van der Waals surface area contributed by atoms with Crippen LogP contribution in [0.2, 0.25) is 0 Å². The van der Waals surface area contributed by atoms with Crippen LogP contribution in [-0.2, 0) is 24.8 Å². The molecule has 32 heavy (non-hydrogen) atoms. The van der Waals surface area contributed by atoms with Crippen molar-refractivity contribution in [3.63, 3.8) is 0 Å². The number of anilines is 1. The number of benzene rings is 2. The predicted molar refractivity (Wildman–Crippen MR) is 115 cm³/mol. The van der Waals surface area contributed by atoms with Crippen LogP contribution in [0.25, 0.3) is 0 Å². The van der Waals surface area contributed by atoms with Crippen LogP contribution in [0.1, 0.15) is 19.4 Å². The van der Waals surface area contributed by atoms with E-state index in [4.69, 9.17) is 14.2 Å². The lowest BCUT2D eigenvalue weighted by Crippen LogP contribution is -2.22. The van der Waals surface area contributed by atoms with Crippen molar-refractivity contribution in [2.45, 2.75) is 19.6 Å². The Morgan fingerprint density at radius 2 is 1.50 bits per heavy atom. The van der Waals surface area contributed by atoms with Gasteiger partial charge in [0.25, 0.3) is 0 Å². The number of thioether (sulfide) groups is 1. The van der Waals surface area contributed by atoms with E-state index in [-0.39, 0.29) is 24.0 Å². The van der Waals surface area contributed by atoms with Gasteiger partial charge >= 0.3 is 11.9 Å². The van der Waals surface area contributed by atoms with Crippen molar-refractivity contribution in [3.05, 3.63) is 70.0 Å². The third-order valence-electron chi connectivity index (χ3n) is 4.01. The molecule has 2 aromatic rings. The lowest BCUT2D eigenvalue weighted by Gasteiger charge is -2.16. The summed E-state index contributed by atoms with van der Waals surface area (Å²) < 4.78 is 56.3. The van der Waals surface area contributed by atoms with Gasteiger partial charge in [0, 0.05) is 5.75 Å². The van der Waals surface area contributed by atoms with Crippen molar-refractivity contribution in [3.8, 4) is 5.75 Å². The number of halogens is 3. The third kappa shape index (κ3) is 6.43. The van der Waals surface area contributed by atoms with Gasteiger partial charge in [-0.1, -0.05) is 12.1 Å². The largest absolute Gasteiger partial charge is 0.497 e. The van der Waals surface area contributed by atoms with E-state index in [2.05, 4.69) is 5.32 Å². The van der Waals surface area contributed by atoms with Gasteiger partial charge in [-0.15, -0.1) is 11.8 Å². The number of rotatable bonds is 10. The van der Waals surface area contributed by atoms with E-state index in [1.165, 1.54) is 7.11 Å². The lowest BCUT2D eigenvalue weighted by atomic mass is 10.2. The highest BCUT2D eigenvalue weighted by Gasteiger charge is 2.28. The van der Waals surface area contributed by atoms with Gasteiger partial charge in [-0.25, -0.2) is 22.8 Å². The molecule has 0 aliphatic carbocycles. The average Bonchev–Trinajstić information content (AvgIpc) is 2.78. The van der Waals surface area contributed by atoms with Crippen LogP contribution < -0.4 is 10.1 Å². The zero-order valence-electron chi connectivity index (χ0n) is 17.7. The van der Waals surface area contributed by atoms with Gasteiger partial charge in [0.15, 0.2) is 23.0 Å². The van der Waals surface area contributed by atoms with Crippen LogP contribution in [0.5, 0.6) is 5.75 Å². The molecule has 0 aromatic heterocycles. The van der Waals surface area contributed by atoms with Gasteiger partial charge in [0.05, 0.1) is 31.0 Å². The lowest BCUT2D eigenvalue weighted by molar-refractivity contribution is -0.146. The van der Waals surface area contributed by atoms with Crippen molar-refractivity contribution in [1.29, 1.82) is 0 Å². The maximum atomic E-state index is 14.3. The van der Waals surface area contributed by atoms with Crippen molar-refractivity contribution in [1.82, 2.24) is 0 Å². The molecule has 1 N–H and O–H groups in total. The van der Waals surface area contributed by atoms with Crippen LogP contribution in [0, 0.1) is 17.5 Å². The van der Waals surface area contributed by atoms with Crippen molar-refractivity contribution < 1.29 is 37.0 Å². The summed E-state index contributed by atoms with van der Waals surface area (Å²) in [6.07, 6.45) is 0. The van der Waals surface area contributed by atoms with E-state index in [0.717, 1.165) is 29.5 Å². The number of esters is 2. The summed E-state index contributed by atoms with van der Waals surface area (Å²) in [6.45, 7) is 3.04. The van der Waals surface area contributed by atoms with Gasteiger partial charge in [-0.3, -0.25) is 0 Å². The Morgan fingerprint density at radius 3 is 2.03 bits per heavy atom. The second-order valence-corrected chi connectivity index (χ2v) is 7.12. The van der Waals surface area contributed by atoms with E-state index in [1.54, 1.807) is 38.1 Å². The molecule has 0 spiro atoms. The summed E-state index contributed by atoms with van der Waals surface area (Å²) in [5.41, 5.74) is -0.198. The van der Waals surface area contributed by atoms with E-state index >= 15 is 0 Å². The Bertz CT molecular complexity index is 976. The molecular formula is C22H22F3NO5S. The molecule has 0 amide bonds. The second-order valence-electron chi connectivity index (χ2n) is 6.13. The van der Waals surface area contributed by atoms with Gasteiger partial charge in [0.2, 0.25) is 0 Å². The van der Waals surface area contributed by atoms with Crippen molar-refractivity contribution in [2.75, 3.05) is 25.6 Å². The quantitative estimate of drug-likeness (QED) is 0.176. The van der Waals surface area contributed by atoms with E-state index < -0.39 is 40.7 Å². The summed E-state index contributed by atoms with van der Waals surface area (Å²) in [5, 5.41) is 2.38. The molecule has 6 nitrogen and oxygen atoms in total. The molecule has 0 unspecified atom stereocenters. The molecule has 0 heterocycles. The molecule has 2 aromatic carbocycles. The van der Waals surface area contributed by atoms with Crippen molar-refractivity contribution >= 4 is 29.4 Å². The number of methoxy groups -OCH3 is 1. The maximum absolute atomic E-state index is 14.3. The minimum absolute atomic E-state index is 0.0301. The summed E-state index contributed by atoms with van der Waals surface area (Å²) >= 11 is 0.961. The standard InChI is InChI=1S/C22H22F3NO5S/c1-4-30-21(27)17(22(28)31-5-2)20(26-16-11-10-15(23)18(24)19(16)25)32-12-13-6-8-14(29-3)9-7-13/h6-11,26H,4-5,12H2,1-3H3. The monoisotopic (exact) mass is 469 g/mol. The summed E-state index contributed by atoms with van der Waals surface area (Å²) in [5.74, 6) is -5.70. The van der Waals surface area contributed by atoms with Crippen LogP contribution >= 0.6 is 11.8 Å². The highest BCUT2D eigenvalue weighted by Crippen LogP contribution is 2.30. The molecule has 0 saturated carbocycles. The average molecular weight is 469 g/mol. The summed E-state index contributed by atoms with van der Waals surface area (Å²) in [7, 11) is 1.52. The van der Waals surface area contributed by atoms with Gasteiger partial charge < -0.3 is 19.5 Å². The minimum Gasteiger partial charge on any atom is -0.497 e. The Labute approximate surface area is 187 Å². The Kier molecular flexibility index (Phi) is 9.45. The Morgan fingerprint density at radius 1 is 0.906 bits per heavy atom. The highest BCUT2D eigenvalue weighted by molar-refractivity contribution is 8.02. The zero-order chi connectivity index (χ0) is 23.7. The van der Waals surface area contributed by atoms with Crippen LogP contribution in [0.4, 0.5) is 18.9 Å². The first-order valence-corrected chi connectivity index (χ1v) is 10.6. The van der Waals surface area contributed by atoms with Gasteiger partial charge in [-0.2, -0.15) is 0 Å². The number of hydrogen-bond donors (Lipinski definition) is 1. The topological polar surface area (TPSA) is 73.9 Å². The fraction of sp³-hybridized carbons (Fsp3) is 0.273. The van der Waals surface area contributed by atoms with Crippen LogP contribution in [0.15, 0.2) is 47.0 Å². The Hall–Kier alpha value is -3.14. The number of carbonyl (C=O) groups is 2. The van der Waals surface area contributed by atoms with Crippen LogP contribution in [-0.4, -0.2) is 32.3 Å². The smallest absolute Gasteiger partial charge is 0.348 e. The fourth-order valence-electron chi connectivity index (χ4n) is 2.47. The fourth-order valence-corrected chi connectivity index (χ4v) is 3.46. The van der Waals surface area contributed by atoms with Gasteiger partial charge in [0.1, 0.15) is 5.75 Å².